The van der Waals surface area contributed by atoms with E-state index in [0.717, 1.165) is 5.69 Å². The van der Waals surface area contributed by atoms with Crippen LogP contribution >= 0.6 is 11.3 Å². The molecule has 3 aromatic rings. The predicted octanol–water partition coefficient (Wildman–Crippen LogP) is 3.29. The van der Waals surface area contributed by atoms with Crippen molar-refractivity contribution < 1.29 is 27.8 Å². The number of ether oxygens (including phenoxy) is 2. The minimum Gasteiger partial charge on any atom is -0.485 e. The zero-order valence-corrected chi connectivity index (χ0v) is 17.0. The van der Waals surface area contributed by atoms with Gasteiger partial charge in [-0.3, -0.25) is 4.72 Å². The molecular weight excluding hydrogens is 416 g/mol. The van der Waals surface area contributed by atoms with Crippen molar-refractivity contribution in [3.05, 3.63) is 64.6 Å². The summed E-state index contributed by atoms with van der Waals surface area (Å²) in [6, 6.07) is 10.9. The fraction of sp³-hybridized carbons (Fsp3) is 0.158. The number of benzene rings is 2. The molecule has 10 heteroatoms. The van der Waals surface area contributed by atoms with E-state index in [1.165, 1.54) is 29.5 Å². The first-order chi connectivity index (χ1) is 13.8. The van der Waals surface area contributed by atoms with Crippen LogP contribution in [-0.4, -0.2) is 31.1 Å². The number of rotatable bonds is 9. The Labute approximate surface area is 171 Å². The van der Waals surface area contributed by atoms with E-state index in [1.54, 1.807) is 36.7 Å². The van der Waals surface area contributed by atoms with E-state index in [-0.39, 0.29) is 11.5 Å². The van der Waals surface area contributed by atoms with Crippen LogP contribution in [0.1, 0.15) is 11.3 Å². The molecule has 0 aliphatic carbocycles. The number of hydrogen-bond acceptors (Lipinski definition) is 7. The van der Waals surface area contributed by atoms with Gasteiger partial charge in [0.1, 0.15) is 18.1 Å². The number of thiazole rings is 1. The maximum absolute atomic E-state index is 12.8. The zero-order valence-electron chi connectivity index (χ0n) is 15.4. The lowest BCUT2D eigenvalue weighted by molar-refractivity contribution is -0.139. The fourth-order valence-electron chi connectivity index (χ4n) is 2.43. The van der Waals surface area contributed by atoms with Gasteiger partial charge in [0.2, 0.25) is 0 Å². The number of hydrogen-bond donors (Lipinski definition) is 2. The van der Waals surface area contributed by atoms with Crippen molar-refractivity contribution in [1.29, 1.82) is 0 Å². The van der Waals surface area contributed by atoms with Crippen LogP contribution in [0.25, 0.3) is 0 Å². The van der Waals surface area contributed by atoms with Gasteiger partial charge in [0, 0.05) is 5.38 Å². The minimum absolute atomic E-state index is 0.0204. The van der Waals surface area contributed by atoms with Gasteiger partial charge >= 0.3 is 5.97 Å². The zero-order chi connectivity index (χ0) is 20.9. The minimum atomic E-state index is -3.89. The Balaban J connectivity index is 1.77. The lowest BCUT2D eigenvalue weighted by Crippen LogP contribution is -2.15. The molecule has 2 N–H and O–H groups in total. The van der Waals surface area contributed by atoms with E-state index < -0.39 is 22.6 Å². The average molecular weight is 434 g/mol. The lowest BCUT2D eigenvalue weighted by Gasteiger charge is -2.14. The summed E-state index contributed by atoms with van der Waals surface area (Å²) in [6.07, 6.45) is 0. The Bertz CT molecular complexity index is 1100. The van der Waals surface area contributed by atoms with Crippen molar-refractivity contribution in [1.82, 2.24) is 4.98 Å². The van der Waals surface area contributed by atoms with Gasteiger partial charge in [-0.15, -0.1) is 11.3 Å². The molecule has 0 aliphatic rings. The van der Waals surface area contributed by atoms with Crippen molar-refractivity contribution >= 4 is 33.0 Å². The predicted molar refractivity (Wildman–Crippen MR) is 108 cm³/mol. The number of aryl methyl sites for hydroxylation is 1. The Morgan fingerprint density at radius 3 is 2.66 bits per heavy atom. The largest absolute Gasteiger partial charge is 0.485 e. The van der Waals surface area contributed by atoms with E-state index in [4.69, 9.17) is 14.6 Å². The molecule has 1 heterocycles. The summed E-state index contributed by atoms with van der Waals surface area (Å²) in [5.41, 5.74) is 3.24. The van der Waals surface area contributed by atoms with Gasteiger partial charge in [-0.25, -0.2) is 18.2 Å². The van der Waals surface area contributed by atoms with Gasteiger partial charge < -0.3 is 14.6 Å². The molecule has 0 radical (unpaired) electrons. The molecular formula is C19H18N2O6S2. The third-order valence-electron chi connectivity index (χ3n) is 3.80. The molecule has 0 spiro atoms. The van der Waals surface area contributed by atoms with Crippen LogP contribution in [0.15, 0.2) is 58.3 Å². The normalized spacial score (nSPS) is 11.1. The van der Waals surface area contributed by atoms with Crippen LogP contribution < -0.4 is 14.2 Å². The number of nitrogens with zero attached hydrogens (tertiary/aromatic N) is 1. The van der Waals surface area contributed by atoms with Gasteiger partial charge in [0.05, 0.1) is 21.8 Å². The Morgan fingerprint density at radius 1 is 1.17 bits per heavy atom. The van der Waals surface area contributed by atoms with Crippen molar-refractivity contribution in [2.24, 2.45) is 0 Å². The molecule has 0 atom stereocenters. The quantitative estimate of drug-likeness (QED) is 0.531. The molecule has 152 valence electrons. The smallest absolute Gasteiger partial charge is 0.341 e. The third kappa shape index (κ3) is 5.46. The maximum Gasteiger partial charge on any atom is 0.341 e. The number of anilines is 1. The van der Waals surface area contributed by atoms with Gasteiger partial charge in [-0.2, -0.15) is 0 Å². The van der Waals surface area contributed by atoms with Crippen LogP contribution in [0.5, 0.6) is 11.5 Å². The summed E-state index contributed by atoms with van der Waals surface area (Å²) in [5.74, 6) is -0.433. The van der Waals surface area contributed by atoms with E-state index >= 15 is 0 Å². The fourth-order valence-corrected chi connectivity index (χ4v) is 4.13. The van der Waals surface area contributed by atoms with Crippen molar-refractivity contribution in [3.8, 4) is 11.5 Å². The number of sulfonamides is 1. The first-order valence-electron chi connectivity index (χ1n) is 8.42. The third-order valence-corrected chi connectivity index (χ3v) is 5.80. The number of aromatic nitrogens is 1. The first-order valence-corrected chi connectivity index (χ1v) is 10.8. The highest BCUT2D eigenvalue weighted by molar-refractivity contribution is 7.92. The highest BCUT2D eigenvalue weighted by atomic mass is 32.2. The second-order valence-electron chi connectivity index (χ2n) is 5.98. The summed E-state index contributed by atoms with van der Waals surface area (Å²) >= 11 is 1.45. The molecule has 1 aromatic heterocycles. The Kier molecular flexibility index (Phi) is 6.35. The van der Waals surface area contributed by atoms with E-state index in [9.17, 15) is 13.2 Å². The van der Waals surface area contributed by atoms with Crippen LogP contribution in [0.3, 0.4) is 0 Å². The number of nitrogens with one attached hydrogen (secondary N) is 1. The van der Waals surface area contributed by atoms with Crippen LogP contribution in [0.2, 0.25) is 0 Å². The van der Waals surface area contributed by atoms with E-state index in [0.29, 0.717) is 22.7 Å². The molecule has 0 bridgehead atoms. The second kappa shape index (κ2) is 8.93. The number of aliphatic carboxylic acids is 1. The highest BCUT2D eigenvalue weighted by Gasteiger charge is 2.18. The molecule has 0 amide bonds. The van der Waals surface area contributed by atoms with E-state index in [2.05, 4.69) is 9.71 Å². The molecule has 8 nitrogen and oxygen atoms in total. The molecule has 3 rings (SSSR count). The van der Waals surface area contributed by atoms with Gasteiger partial charge in [-0.05, 0) is 42.8 Å². The van der Waals surface area contributed by atoms with Crippen molar-refractivity contribution in [2.75, 3.05) is 11.3 Å². The first kappa shape index (κ1) is 20.6. The number of carboxylic acid groups (broad SMARTS) is 1. The van der Waals surface area contributed by atoms with Gasteiger partial charge in [0.25, 0.3) is 10.0 Å². The standard InChI is InChI=1S/C19H18N2O6S2/c1-13-8-15(6-7-17(13)27-10-19(22)23)29(24,25)21-16-4-2-3-5-18(16)26-9-14-11-28-12-20-14/h2-8,11-12,21H,9-10H2,1H3,(H,22,23). The summed E-state index contributed by atoms with van der Waals surface area (Å²) in [7, 11) is -3.89. The molecule has 0 unspecified atom stereocenters. The average Bonchev–Trinajstić information content (AvgIpc) is 3.19. The number of para-hydroxylation sites is 2. The maximum atomic E-state index is 12.8. The van der Waals surface area contributed by atoms with Crippen LogP contribution in [0.4, 0.5) is 5.69 Å². The molecule has 29 heavy (non-hydrogen) atoms. The highest BCUT2D eigenvalue weighted by Crippen LogP contribution is 2.29. The van der Waals surface area contributed by atoms with Crippen molar-refractivity contribution in [3.63, 3.8) is 0 Å². The monoisotopic (exact) mass is 434 g/mol. The van der Waals surface area contributed by atoms with Crippen LogP contribution in [-0.2, 0) is 21.4 Å². The Morgan fingerprint density at radius 2 is 1.97 bits per heavy atom. The summed E-state index contributed by atoms with van der Waals surface area (Å²) in [4.78, 5) is 14.8. The topological polar surface area (TPSA) is 115 Å². The molecule has 0 saturated heterocycles. The Hall–Kier alpha value is -3.11. The summed E-state index contributed by atoms with van der Waals surface area (Å²) < 4.78 is 39.0. The second-order valence-corrected chi connectivity index (χ2v) is 8.38. The van der Waals surface area contributed by atoms with Crippen molar-refractivity contribution in [2.45, 2.75) is 18.4 Å². The SMILES string of the molecule is Cc1cc(S(=O)(=O)Nc2ccccc2OCc2cscn2)ccc1OCC(=O)O. The molecule has 0 aliphatic heterocycles. The van der Waals surface area contributed by atoms with Crippen LogP contribution in [0, 0.1) is 6.92 Å². The number of carbonyl (C=O) groups is 1. The summed E-state index contributed by atoms with van der Waals surface area (Å²) in [5, 5.41) is 10.5. The van der Waals surface area contributed by atoms with E-state index in [1.807, 2.05) is 5.38 Å². The van der Waals surface area contributed by atoms with Gasteiger partial charge in [0.15, 0.2) is 6.61 Å². The molecule has 0 fully saturated rings. The molecule has 0 saturated carbocycles. The summed E-state index contributed by atoms with van der Waals surface area (Å²) in [6.45, 7) is 1.35. The lowest BCUT2D eigenvalue weighted by atomic mass is 10.2. The van der Waals surface area contributed by atoms with Gasteiger partial charge in [-0.1, -0.05) is 12.1 Å². The number of carboxylic acids is 1. The molecule has 2 aromatic carbocycles.